The lowest BCUT2D eigenvalue weighted by Gasteiger charge is -2.11. The lowest BCUT2D eigenvalue weighted by Crippen LogP contribution is -2.18. The fourth-order valence-corrected chi connectivity index (χ4v) is 2.18. The summed E-state index contributed by atoms with van der Waals surface area (Å²) < 4.78 is 0. The van der Waals surface area contributed by atoms with Crippen molar-refractivity contribution in [3.63, 3.8) is 0 Å². The van der Waals surface area contributed by atoms with Crippen LogP contribution < -0.4 is 5.19 Å². The Hall–Kier alpha value is -0.603. The predicted molar refractivity (Wildman–Crippen MR) is 55.7 cm³/mol. The Labute approximate surface area is 76.4 Å². The Kier molecular flexibility index (Phi) is 3.06. The standard InChI is InChI=1S/C10H16OSi/c1-7(2)9-5-4-6-10(12-11)8(9)3/h4-7,11H,12H2,1-3H3. The van der Waals surface area contributed by atoms with E-state index in [4.69, 9.17) is 4.80 Å². The Bertz CT molecular complexity index is 269. The van der Waals surface area contributed by atoms with Crippen molar-refractivity contribution in [2.24, 2.45) is 0 Å². The van der Waals surface area contributed by atoms with Gasteiger partial charge in [0, 0.05) is 0 Å². The van der Waals surface area contributed by atoms with Crippen molar-refractivity contribution in [2.45, 2.75) is 26.7 Å². The molecule has 0 saturated carbocycles. The number of hydrogen-bond acceptors (Lipinski definition) is 1. The molecule has 0 radical (unpaired) electrons. The van der Waals surface area contributed by atoms with E-state index in [0.717, 1.165) is 0 Å². The lowest BCUT2D eigenvalue weighted by atomic mass is 9.98. The van der Waals surface area contributed by atoms with Crippen LogP contribution in [0.25, 0.3) is 0 Å². The van der Waals surface area contributed by atoms with Gasteiger partial charge in [-0.05, 0) is 29.2 Å². The fraction of sp³-hybridized carbons (Fsp3) is 0.400. The first-order valence-electron chi connectivity index (χ1n) is 4.36. The molecule has 0 heterocycles. The van der Waals surface area contributed by atoms with E-state index in [1.165, 1.54) is 16.3 Å². The third-order valence-electron chi connectivity index (χ3n) is 2.28. The van der Waals surface area contributed by atoms with Gasteiger partial charge in [0.25, 0.3) is 0 Å². The summed E-state index contributed by atoms with van der Waals surface area (Å²) in [6.45, 7) is 6.48. The first-order valence-corrected chi connectivity index (χ1v) is 5.70. The molecule has 0 spiro atoms. The van der Waals surface area contributed by atoms with Crippen molar-refractivity contribution < 1.29 is 4.80 Å². The van der Waals surface area contributed by atoms with Crippen LogP contribution in [0.3, 0.4) is 0 Å². The summed E-state index contributed by atoms with van der Waals surface area (Å²) >= 11 is 0. The first kappa shape index (κ1) is 9.48. The topological polar surface area (TPSA) is 20.2 Å². The van der Waals surface area contributed by atoms with Crippen LogP contribution in [0.1, 0.15) is 30.9 Å². The molecule has 1 nitrogen and oxygen atoms in total. The normalized spacial score (nSPS) is 11.8. The van der Waals surface area contributed by atoms with Crippen molar-refractivity contribution in [2.75, 3.05) is 0 Å². The van der Waals surface area contributed by atoms with Gasteiger partial charge in [-0.15, -0.1) is 0 Å². The summed E-state index contributed by atoms with van der Waals surface area (Å²) in [6.07, 6.45) is 0. The third-order valence-corrected chi connectivity index (χ3v) is 3.39. The molecule has 0 aliphatic carbocycles. The van der Waals surface area contributed by atoms with Gasteiger partial charge >= 0.3 is 0 Å². The molecule has 1 aromatic rings. The van der Waals surface area contributed by atoms with E-state index < -0.39 is 9.76 Å². The maximum Gasteiger partial charge on any atom is 0.188 e. The van der Waals surface area contributed by atoms with Crippen LogP contribution in [-0.2, 0) is 0 Å². The van der Waals surface area contributed by atoms with Crippen LogP contribution in [-0.4, -0.2) is 14.6 Å². The summed E-state index contributed by atoms with van der Waals surface area (Å²) in [5.74, 6) is 0.561. The fourth-order valence-electron chi connectivity index (χ4n) is 1.50. The molecule has 66 valence electrons. The highest BCUT2D eigenvalue weighted by Gasteiger charge is 2.05. The second-order valence-electron chi connectivity index (χ2n) is 3.44. The van der Waals surface area contributed by atoms with E-state index in [9.17, 15) is 0 Å². The average molecular weight is 180 g/mol. The number of hydrogen-bond donors (Lipinski definition) is 1. The minimum absolute atomic E-state index is 0.561. The van der Waals surface area contributed by atoms with Gasteiger partial charge < -0.3 is 4.80 Å². The molecule has 0 atom stereocenters. The lowest BCUT2D eigenvalue weighted by molar-refractivity contribution is 0.615. The largest absolute Gasteiger partial charge is 0.433 e. The van der Waals surface area contributed by atoms with Crippen LogP contribution >= 0.6 is 0 Å². The summed E-state index contributed by atoms with van der Waals surface area (Å²) in [4.78, 5) is 9.16. The SMILES string of the molecule is Cc1c([SiH2]O)cccc1C(C)C. The van der Waals surface area contributed by atoms with E-state index >= 15 is 0 Å². The van der Waals surface area contributed by atoms with E-state index in [-0.39, 0.29) is 0 Å². The zero-order chi connectivity index (χ0) is 9.14. The minimum Gasteiger partial charge on any atom is -0.433 e. The summed E-state index contributed by atoms with van der Waals surface area (Å²) in [6, 6.07) is 6.22. The minimum atomic E-state index is -0.991. The van der Waals surface area contributed by atoms with Gasteiger partial charge in [-0.3, -0.25) is 0 Å². The molecule has 0 aliphatic heterocycles. The maximum atomic E-state index is 9.16. The molecule has 0 bridgehead atoms. The molecule has 0 saturated heterocycles. The molecule has 1 aromatic carbocycles. The van der Waals surface area contributed by atoms with Crippen molar-refractivity contribution in [1.29, 1.82) is 0 Å². The van der Waals surface area contributed by atoms with Gasteiger partial charge in [-0.2, -0.15) is 0 Å². The average Bonchev–Trinajstić information content (AvgIpc) is 2.04. The van der Waals surface area contributed by atoms with Crippen molar-refractivity contribution in [3.8, 4) is 0 Å². The number of rotatable bonds is 2. The van der Waals surface area contributed by atoms with E-state index in [0.29, 0.717) is 5.92 Å². The highest BCUT2D eigenvalue weighted by atomic mass is 28.2. The van der Waals surface area contributed by atoms with Gasteiger partial charge in [0.05, 0.1) is 0 Å². The summed E-state index contributed by atoms with van der Waals surface area (Å²) in [7, 11) is -0.991. The van der Waals surface area contributed by atoms with Crippen LogP contribution in [0.4, 0.5) is 0 Å². The summed E-state index contributed by atoms with van der Waals surface area (Å²) in [5, 5.41) is 1.18. The third kappa shape index (κ3) is 1.76. The van der Waals surface area contributed by atoms with E-state index in [2.05, 4.69) is 26.8 Å². The van der Waals surface area contributed by atoms with E-state index in [1.54, 1.807) is 0 Å². The molecular formula is C10H16OSi. The van der Waals surface area contributed by atoms with E-state index in [1.807, 2.05) is 12.1 Å². The summed E-state index contributed by atoms with van der Waals surface area (Å²) in [5.41, 5.74) is 2.66. The Balaban J connectivity index is 3.14. The molecule has 0 aliphatic rings. The zero-order valence-corrected chi connectivity index (χ0v) is 9.38. The zero-order valence-electron chi connectivity index (χ0n) is 7.96. The number of benzene rings is 1. The van der Waals surface area contributed by atoms with Gasteiger partial charge in [-0.1, -0.05) is 32.0 Å². The second kappa shape index (κ2) is 3.87. The second-order valence-corrected chi connectivity index (χ2v) is 4.52. The van der Waals surface area contributed by atoms with Gasteiger partial charge in [0.1, 0.15) is 0 Å². The van der Waals surface area contributed by atoms with Crippen molar-refractivity contribution in [3.05, 3.63) is 29.3 Å². The molecule has 0 aromatic heterocycles. The van der Waals surface area contributed by atoms with Crippen LogP contribution in [0.15, 0.2) is 18.2 Å². The Morgan fingerprint density at radius 1 is 1.33 bits per heavy atom. The van der Waals surface area contributed by atoms with Crippen LogP contribution in [0, 0.1) is 6.92 Å². The van der Waals surface area contributed by atoms with Crippen LogP contribution in [0.5, 0.6) is 0 Å². The highest BCUT2D eigenvalue weighted by molar-refractivity contribution is 6.46. The van der Waals surface area contributed by atoms with Crippen molar-refractivity contribution in [1.82, 2.24) is 0 Å². The Morgan fingerprint density at radius 3 is 2.50 bits per heavy atom. The first-order chi connectivity index (χ1) is 5.66. The molecule has 1 rings (SSSR count). The molecule has 0 amide bonds. The smallest absolute Gasteiger partial charge is 0.188 e. The maximum absolute atomic E-state index is 9.16. The van der Waals surface area contributed by atoms with Crippen molar-refractivity contribution >= 4 is 14.9 Å². The molecule has 2 heteroatoms. The van der Waals surface area contributed by atoms with Gasteiger partial charge in [0.2, 0.25) is 0 Å². The molecule has 0 fully saturated rings. The highest BCUT2D eigenvalue weighted by Crippen LogP contribution is 2.16. The molecule has 1 N–H and O–H groups in total. The monoisotopic (exact) mass is 180 g/mol. The molecular weight excluding hydrogens is 164 g/mol. The van der Waals surface area contributed by atoms with Gasteiger partial charge in [-0.25, -0.2) is 0 Å². The predicted octanol–water partition coefficient (Wildman–Crippen LogP) is 0.820. The quantitative estimate of drug-likeness (QED) is 0.668. The molecule has 0 unspecified atom stereocenters. The van der Waals surface area contributed by atoms with Crippen LogP contribution in [0.2, 0.25) is 0 Å². The van der Waals surface area contributed by atoms with Gasteiger partial charge in [0.15, 0.2) is 9.76 Å². The molecule has 12 heavy (non-hydrogen) atoms. The Morgan fingerprint density at radius 2 is 2.00 bits per heavy atom.